The Morgan fingerprint density at radius 2 is 1.85 bits per heavy atom. The number of para-hydroxylation sites is 1. The minimum atomic E-state index is -1.03. The molecule has 9 heteroatoms. The van der Waals surface area contributed by atoms with Crippen LogP contribution in [0, 0.1) is 15.5 Å². The lowest BCUT2D eigenvalue weighted by Crippen LogP contribution is -2.53. The molecule has 6 aliphatic rings. The Morgan fingerprint density at radius 1 is 1.00 bits per heavy atom. The van der Waals surface area contributed by atoms with Crippen molar-refractivity contribution in [2.75, 3.05) is 13.2 Å². The maximum atomic E-state index is 14.7. The molecule has 6 atom stereocenters. The first-order chi connectivity index (χ1) is 19.5. The van der Waals surface area contributed by atoms with Crippen LogP contribution in [0.3, 0.4) is 0 Å². The van der Waals surface area contributed by atoms with Crippen molar-refractivity contribution in [3.05, 3.63) is 81.6 Å². The van der Waals surface area contributed by atoms with Gasteiger partial charge in [-0.15, -0.1) is 0 Å². The van der Waals surface area contributed by atoms with Gasteiger partial charge in [0.05, 0.1) is 21.9 Å². The van der Waals surface area contributed by atoms with Crippen molar-refractivity contribution in [1.29, 1.82) is 0 Å². The van der Waals surface area contributed by atoms with E-state index in [2.05, 4.69) is 4.90 Å². The summed E-state index contributed by atoms with van der Waals surface area (Å²) < 4.78 is 25.9. The smallest absolute Gasteiger partial charge is 0.269 e. The molecule has 5 heterocycles. The number of carbonyl (C=O) groups excluding carboxylic acids is 1. The second-order valence-corrected chi connectivity index (χ2v) is 12.1. The topological polar surface area (TPSA) is 100 Å². The van der Waals surface area contributed by atoms with Gasteiger partial charge in [-0.25, -0.2) is 0 Å². The fourth-order valence-corrected chi connectivity index (χ4v) is 8.43. The molecule has 0 bridgehead atoms. The minimum Gasteiger partial charge on any atom is -0.492 e. The van der Waals surface area contributed by atoms with Crippen LogP contribution in [0.4, 0.5) is 5.69 Å². The van der Waals surface area contributed by atoms with Gasteiger partial charge in [0.1, 0.15) is 24.2 Å². The van der Waals surface area contributed by atoms with Gasteiger partial charge in [-0.05, 0) is 56.0 Å². The molecule has 0 aromatic heterocycles. The number of rotatable bonds is 3. The van der Waals surface area contributed by atoms with Crippen LogP contribution in [0.25, 0.3) is 0 Å². The number of non-ortho nitro benzene ring substituents is 1. The number of fused-ring (bicyclic) bond motifs is 3. The molecule has 0 unspecified atom stereocenters. The molecule has 0 radical (unpaired) electrons. The number of ether oxygens (including phenoxy) is 4. The average Bonchev–Trinajstić information content (AvgIpc) is 3.70. The number of nitrogens with zero attached hydrogens (tertiary/aromatic N) is 2. The second-order valence-electron chi connectivity index (χ2n) is 12.1. The van der Waals surface area contributed by atoms with Crippen molar-refractivity contribution >= 4 is 11.5 Å². The standard InChI is InChI=1S/C31H32N2O7/c34-28-21-10-2-3-12-23(21)37-18-31(28)26(19-8-6-9-20(16-19)33(35)36)22-11-7-15-32(22)27(31)24-17-25-29(38-24)40-30(39-25)13-4-1-5-14-30/h2-3,6,8-10,12,16-17,22,25-27,29H,1,4-5,7,11,13-15,18H2/t22-,25+,26+,27-,29+,31+/m1/s1. The summed E-state index contributed by atoms with van der Waals surface area (Å²) in [5.41, 5.74) is 0.331. The van der Waals surface area contributed by atoms with Crippen molar-refractivity contribution in [2.24, 2.45) is 5.41 Å². The Kier molecular flexibility index (Phi) is 5.43. The van der Waals surface area contributed by atoms with Crippen molar-refractivity contribution in [3.8, 4) is 5.75 Å². The molecule has 2 aromatic rings. The second kappa shape index (κ2) is 8.86. The van der Waals surface area contributed by atoms with Gasteiger partial charge >= 0.3 is 0 Å². The molecule has 8 rings (SSSR count). The Balaban J connectivity index is 1.25. The average molecular weight is 545 g/mol. The van der Waals surface area contributed by atoms with E-state index >= 15 is 0 Å². The van der Waals surface area contributed by atoms with Gasteiger partial charge in [0.15, 0.2) is 11.6 Å². The van der Waals surface area contributed by atoms with Crippen LogP contribution in [0.15, 0.2) is 60.4 Å². The Morgan fingerprint density at radius 3 is 2.67 bits per heavy atom. The molecule has 4 fully saturated rings. The van der Waals surface area contributed by atoms with E-state index in [1.165, 1.54) is 12.5 Å². The van der Waals surface area contributed by atoms with E-state index in [1.807, 2.05) is 36.4 Å². The van der Waals surface area contributed by atoms with Crippen molar-refractivity contribution in [3.63, 3.8) is 0 Å². The molecule has 0 amide bonds. The highest BCUT2D eigenvalue weighted by Gasteiger charge is 2.68. The van der Waals surface area contributed by atoms with Crippen molar-refractivity contribution < 1.29 is 28.7 Å². The highest BCUT2D eigenvalue weighted by molar-refractivity contribution is 6.05. The van der Waals surface area contributed by atoms with Gasteiger partial charge in [0.25, 0.3) is 5.69 Å². The zero-order valence-corrected chi connectivity index (χ0v) is 22.2. The lowest BCUT2D eigenvalue weighted by Gasteiger charge is -2.43. The van der Waals surface area contributed by atoms with Gasteiger partial charge in [0.2, 0.25) is 6.29 Å². The van der Waals surface area contributed by atoms with Crippen LogP contribution in [0.1, 0.15) is 66.8 Å². The molecule has 3 saturated heterocycles. The third-order valence-corrected chi connectivity index (χ3v) is 9.98. The minimum absolute atomic E-state index is 0.00240. The highest BCUT2D eigenvalue weighted by atomic mass is 16.8. The van der Waals surface area contributed by atoms with E-state index in [9.17, 15) is 14.9 Å². The van der Waals surface area contributed by atoms with Crippen LogP contribution >= 0.6 is 0 Å². The Labute approximate surface area is 232 Å². The quantitative estimate of drug-likeness (QED) is 0.389. The summed E-state index contributed by atoms with van der Waals surface area (Å²) in [6, 6.07) is 13.8. The predicted molar refractivity (Wildman–Crippen MR) is 143 cm³/mol. The third-order valence-electron chi connectivity index (χ3n) is 9.98. The molecule has 0 N–H and O–H groups in total. The first-order valence-electron chi connectivity index (χ1n) is 14.5. The highest BCUT2D eigenvalue weighted by Crippen LogP contribution is 2.61. The van der Waals surface area contributed by atoms with E-state index in [0.29, 0.717) is 17.1 Å². The maximum Gasteiger partial charge on any atom is 0.269 e. The zero-order chi connectivity index (χ0) is 27.1. The number of carbonyl (C=O) groups is 1. The van der Waals surface area contributed by atoms with Crippen molar-refractivity contribution in [2.45, 2.75) is 81.1 Å². The van der Waals surface area contributed by atoms with E-state index in [-0.39, 0.29) is 41.1 Å². The first kappa shape index (κ1) is 24.5. The molecule has 1 aliphatic carbocycles. The van der Waals surface area contributed by atoms with Crippen LogP contribution in [-0.2, 0) is 14.2 Å². The number of ketones is 1. The van der Waals surface area contributed by atoms with Crippen LogP contribution in [0.5, 0.6) is 5.75 Å². The van der Waals surface area contributed by atoms with E-state index < -0.39 is 23.5 Å². The van der Waals surface area contributed by atoms with Crippen LogP contribution in [-0.4, -0.2) is 59.0 Å². The Bertz CT molecular complexity index is 1420. The first-order valence-corrected chi connectivity index (χ1v) is 14.5. The van der Waals surface area contributed by atoms with Gasteiger partial charge < -0.3 is 18.9 Å². The van der Waals surface area contributed by atoms with Gasteiger partial charge in [0, 0.05) is 36.9 Å². The normalized spacial score (nSPS) is 35.6. The van der Waals surface area contributed by atoms with E-state index in [4.69, 9.17) is 18.9 Å². The molecule has 1 saturated carbocycles. The summed E-state index contributed by atoms with van der Waals surface area (Å²) in [7, 11) is 0. The Hall–Kier alpha value is -3.27. The molecule has 9 nitrogen and oxygen atoms in total. The molecular formula is C31H32N2O7. The number of nitro benzene ring substituents is 1. The molecule has 2 aromatic carbocycles. The van der Waals surface area contributed by atoms with Crippen LogP contribution < -0.4 is 4.74 Å². The monoisotopic (exact) mass is 544 g/mol. The summed E-state index contributed by atoms with van der Waals surface area (Å²) in [6.45, 7) is 0.967. The number of nitro groups is 1. The molecular weight excluding hydrogens is 512 g/mol. The summed E-state index contributed by atoms with van der Waals surface area (Å²) in [6.07, 6.45) is 8.11. The molecule has 5 aliphatic heterocycles. The molecule has 2 spiro atoms. The third kappa shape index (κ3) is 3.40. The van der Waals surface area contributed by atoms with Gasteiger partial charge in [-0.3, -0.25) is 19.8 Å². The summed E-state index contributed by atoms with van der Waals surface area (Å²) in [4.78, 5) is 28.5. The molecule has 208 valence electrons. The van der Waals surface area contributed by atoms with E-state index in [1.54, 1.807) is 12.1 Å². The zero-order valence-electron chi connectivity index (χ0n) is 22.2. The van der Waals surface area contributed by atoms with Crippen LogP contribution in [0.2, 0.25) is 0 Å². The number of benzene rings is 2. The SMILES string of the molecule is O=C1c2ccccc2OC[C@@]12[C@@H](c1cccc([N+](=O)[O-])c1)[C@H]1CCCN1[C@@H]2C1=C[C@@H]2OC3(CCCCC3)O[C@@H]2O1. The summed E-state index contributed by atoms with van der Waals surface area (Å²) in [5.74, 6) is 0.380. The number of Topliss-reactive ketones (excluding diaryl/α,β-unsaturated/α-hetero) is 1. The summed E-state index contributed by atoms with van der Waals surface area (Å²) in [5, 5.41) is 11.8. The van der Waals surface area contributed by atoms with Gasteiger partial charge in [-0.2, -0.15) is 0 Å². The summed E-state index contributed by atoms with van der Waals surface area (Å²) >= 11 is 0. The van der Waals surface area contributed by atoms with Gasteiger partial charge in [-0.1, -0.05) is 30.7 Å². The predicted octanol–water partition coefficient (Wildman–Crippen LogP) is 5.10. The fourth-order valence-electron chi connectivity index (χ4n) is 8.43. The maximum absolute atomic E-state index is 14.7. The number of hydrogen-bond donors (Lipinski definition) is 0. The largest absolute Gasteiger partial charge is 0.492 e. The van der Waals surface area contributed by atoms with Crippen molar-refractivity contribution in [1.82, 2.24) is 4.90 Å². The van der Waals surface area contributed by atoms with E-state index in [0.717, 1.165) is 50.6 Å². The number of hydrogen-bond acceptors (Lipinski definition) is 8. The fraction of sp³-hybridized carbons (Fsp3) is 0.516. The lowest BCUT2D eigenvalue weighted by molar-refractivity contribution is -0.384. The molecule has 40 heavy (non-hydrogen) atoms. The lowest BCUT2D eigenvalue weighted by atomic mass is 9.63.